The Balaban J connectivity index is 1.76. The lowest BCUT2D eigenvalue weighted by Gasteiger charge is -2.06. The number of nitriles is 1. The molecule has 0 bridgehead atoms. The molecule has 3 heteroatoms. The van der Waals surface area contributed by atoms with Gasteiger partial charge in [0, 0.05) is 6.61 Å². The maximum atomic E-state index is 13.1. The zero-order chi connectivity index (χ0) is 14.2. The standard InChI is InChI=1S/C17H16FNO/c18-17-9-8-15(12-19)16(11-17)13-20-10-4-7-14-5-2-1-3-6-14/h1-3,5-6,8-9,11H,4,7,10,13H2. The molecule has 0 saturated heterocycles. The molecule has 2 aromatic rings. The van der Waals surface area contributed by atoms with Crippen LogP contribution in [0.25, 0.3) is 0 Å². The summed E-state index contributed by atoms with van der Waals surface area (Å²) in [5.74, 6) is -0.341. The number of ether oxygens (including phenoxy) is 1. The third-order valence-corrected chi connectivity index (χ3v) is 3.04. The number of hydrogen-bond donors (Lipinski definition) is 0. The number of halogens is 1. The van der Waals surface area contributed by atoms with Gasteiger partial charge < -0.3 is 4.74 Å². The molecule has 0 N–H and O–H groups in total. The Bertz CT molecular complexity index is 590. The molecule has 0 spiro atoms. The van der Waals surface area contributed by atoms with E-state index in [2.05, 4.69) is 12.1 Å². The summed E-state index contributed by atoms with van der Waals surface area (Å²) >= 11 is 0. The predicted molar refractivity (Wildman–Crippen MR) is 75.5 cm³/mol. The fourth-order valence-corrected chi connectivity index (χ4v) is 2.00. The van der Waals surface area contributed by atoms with Crippen molar-refractivity contribution in [2.24, 2.45) is 0 Å². The summed E-state index contributed by atoms with van der Waals surface area (Å²) in [6.07, 6.45) is 1.86. The minimum absolute atomic E-state index is 0.273. The smallest absolute Gasteiger partial charge is 0.123 e. The monoisotopic (exact) mass is 269 g/mol. The SMILES string of the molecule is N#Cc1ccc(F)cc1COCCCc1ccccc1. The fraction of sp³-hybridized carbons (Fsp3) is 0.235. The highest BCUT2D eigenvalue weighted by atomic mass is 19.1. The quantitative estimate of drug-likeness (QED) is 0.746. The second kappa shape index (κ2) is 7.42. The van der Waals surface area contributed by atoms with Crippen LogP contribution in [0.15, 0.2) is 48.5 Å². The Hall–Kier alpha value is -2.18. The van der Waals surface area contributed by atoms with Crippen LogP contribution in [0.4, 0.5) is 4.39 Å². The van der Waals surface area contributed by atoms with Gasteiger partial charge in [-0.1, -0.05) is 30.3 Å². The van der Waals surface area contributed by atoms with Crippen LogP contribution in [0.3, 0.4) is 0 Å². The van der Waals surface area contributed by atoms with Crippen LogP contribution in [-0.4, -0.2) is 6.61 Å². The van der Waals surface area contributed by atoms with Gasteiger partial charge in [-0.2, -0.15) is 5.26 Å². The summed E-state index contributed by atoms with van der Waals surface area (Å²) in [4.78, 5) is 0. The van der Waals surface area contributed by atoms with Crippen molar-refractivity contribution in [2.45, 2.75) is 19.4 Å². The van der Waals surface area contributed by atoms with Gasteiger partial charge in [-0.25, -0.2) is 4.39 Å². The Morgan fingerprint density at radius 1 is 1.10 bits per heavy atom. The fourth-order valence-electron chi connectivity index (χ4n) is 2.00. The van der Waals surface area contributed by atoms with Gasteiger partial charge in [0.05, 0.1) is 18.2 Å². The lowest BCUT2D eigenvalue weighted by atomic mass is 10.1. The van der Waals surface area contributed by atoms with Crippen LogP contribution in [0, 0.1) is 17.1 Å². The molecule has 0 aromatic heterocycles. The van der Waals surface area contributed by atoms with Crippen molar-refractivity contribution >= 4 is 0 Å². The molecule has 0 aliphatic rings. The molecule has 0 aliphatic heterocycles. The third-order valence-electron chi connectivity index (χ3n) is 3.04. The maximum absolute atomic E-state index is 13.1. The highest BCUT2D eigenvalue weighted by Gasteiger charge is 2.03. The van der Waals surface area contributed by atoms with E-state index < -0.39 is 0 Å². The number of nitrogens with zero attached hydrogens (tertiary/aromatic N) is 1. The normalized spacial score (nSPS) is 10.2. The van der Waals surface area contributed by atoms with Gasteiger partial charge in [0.25, 0.3) is 0 Å². The van der Waals surface area contributed by atoms with Crippen LogP contribution in [0.1, 0.15) is 23.1 Å². The highest BCUT2D eigenvalue weighted by molar-refractivity contribution is 5.37. The third kappa shape index (κ3) is 4.18. The topological polar surface area (TPSA) is 33.0 Å². The predicted octanol–water partition coefficient (Wildman–Crippen LogP) is 3.85. The summed E-state index contributed by atoms with van der Waals surface area (Å²) in [5.41, 5.74) is 2.35. The molecule has 20 heavy (non-hydrogen) atoms. The number of rotatable bonds is 6. The number of aryl methyl sites for hydroxylation is 1. The Morgan fingerprint density at radius 3 is 2.65 bits per heavy atom. The Kier molecular flexibility index (Phi) is 5.28. The molecule has 0 fully saturated rings. The van der Waals surface area contributed by atoms with Gasteiger partial charge in [-0.3, -0.25) is 0 Å². The first-order valence-corrected chi connectivity index (χ1v) is 6.60. The van der Waals surface area contributed by atoms with Gasteiger partial charge in [-0.05, 0) is 42.2 Å². The van der Waals surface area contributed by atoms with Crippen LogP contribution < -0.4 is 0 Å². The second-order valence-corrected chi connectivity index (χ2v) is 4.56. The molecule has 0 atom stereocenters. The van der Waals surface area contributed by atoms with Gasteiger partial charge in [-0.15, -0.1) is 0 Å². The first kappa shape index (κ1) is 14.2. The van der Waals surface area contributed by atoms with E-state index in [-0.39, 0.29) is 12.4 Å². The lowest BCUT2D eigenvalue weighted by molar-refractivity contribution is 0.118. The second-order valence-electron chi connectivity index (χ2n) is 4.56. The van der Waals surface area contributed by atoms with Gasteiger partial charge in [0.2, 0.25) is 0 Å². The molecule has 0 saturated carbocycles. The van der Waals surface area contributed by atoms with Crippen molar-refractivity contribution in [3.05, 3.63) is 71.0 Å². The van der Waals surface area contributed by atoms with E-state index in [1.54, 1.807) is 0 Å². The van der Waals surface area contributed by atoms with E-state index in [9.17, 15) is 4.39 Å². The molecular weight excluding hydrogens is 253 g/mol. The summed E-state index contributed by atoms with van der Waals surface area (Å²) < 4.78 is 18.6. The number of hydrogen-bond acceptors (Lipinski definition) is 2. The summed E-state index contributed by atoms with van der Waals surface area (Å²) in [6.45, 7) is 0.867. The minimum atomic E-state index is -0.341. The largest absolute Gasteiger partial charge is 0.377 e. The van der Waals surface area contributed by atoms with Crippen LogP contribution in [0.2, 0.25) is 0 Å². The Morgan fingerprint density at radius 2 is 1.90 bits per heavy atom. The van der Waals surface area contributed by atoms with Crippen LogP contribution >= 0.6 is 0 Å². The van der Waals surface area contributed by atoms with Gasteiger partial charge in [0.15, 0.2) is 0 Å². The highest BCUT2D eigenvalue weighted by Crippen LogP contribution is 2.12. The van der Waals surface area contributed by atoms with E-state index >= 15 is 0 Å². The van der Waals surface area contributed by atoms with Crippen molar-refractivity contribution in [3.8, 4) is 6.07 Å². The van der Waals surface area contributed by atoms with E-state index in [1.165, 1.54) is 23.8 Å². The number of benzene rings is 2. The average Bonchev–Trinajstić information content (AvgIpc) is 2.48. The van der Waals surface area contributed by atoms with Gasteiger partial charge >= 0.3 is 0 Å². The molecule has 0 heterocycles. The van der Waals surface area contributed by atoms with Gasteiger partial charge in [0.1, 0.15) is 5.82 Å². The summed E-state index contributed by atoms with van der Waals surface area (Å²) in [6, 6.07) is 16.4. The zero-order valence-corrected chi connectivity index (χ0v) is 11.2. The van der Waals surface area contributed by atoms with E-state index in [0.29, 0.717) is 17.7 Å². The summed E-state index contributed by atoms with van der Waals surface area (Å²) in [7, 11) is 0. The van der Waals surface area contributed by atoms with Crippen molar-refractivity contribution in [3.63, 3.8) is 0 Å². The van der Waals surface area contributed by atoms with E-state index in [4.69, 9.17) is 10.00 Å². The maximum Gasteiger partial charge on any atom is 0.123 e. The molecule has 2 rings (SSSR count). The first-order valence-electron chi connectivity index (χ1n) is 6.60. The van der Waals surface area contributed by atoms with Crippen molar-refractivity contribution < 1.29 is 9.13 Å². The molecule has 0 unspecified atom stereocenters. The lowest BCUT2D eigenvalue weighted by Crippen LogP contribution is -2.00. The zero-order valence-electron chi connectivity index (χ0n) is 11.2. The molecule has 102 valence electrons. The molecular formula is C17H16FNO. The van der Waals surface area contributed by atoms with Crippen molar-refractivity contribution in [2.75, 3.05) is 6.61 Å². The molecule has 0 aliphatic carbocycles. The van der Waals surface area contributed by atoms with E-state index in [0.717, 1.165) is 12.8 Å². The Labute approximate surface area is 118 Å². The molecule has 0 radical (unpaired) electrons. The molecule has 0 amide bonds. The van der Waals surface area contributed by atoms with Crippen molar-refractivity contribution in [1.82, 2.24) is 0 Å². The molecule has 2 aromatic carbocycles. The van der Waals surface area contributed by atoms with Crippen LogP contribution in [0.5, 0.6) is 0 Å². The van der Waals surface area contributed by atoms with E-state index in [1.807, 2.05) is 24.3 Å². The minimum Gasteiger partial charge on any atom is -0.377 e. The first-order chi connectivity index (χ1) is 9.79. The van der Waals surface area contributed by atoms with Crippen LogP contribution in [-0.2, 0) is 17.8 Å². The summed E-state index contributed by atoms with van der Waals surface area (Å²) in [5, 5.41) is 8.93. The van der Waals surface area contributed by atoms with Crippen molar-refractivity contribution in [1.29, 1.82) is 5.26 Å². The average molecular weight is 269 g/mol. The molecule has 2 nitrogen and oxygen atoms in total.